The third-order valence-corrected chi connectivity index (χ3v) is 8.23. The van der Waals surface area contributed by atoms with Crippen molar-refractivity contribution in [3.8, 4) is 5.75 Å². The number of hydrogen-bond donors (Lipinski definition) is 2. The van der Waals surface area contributed by atoms with E-state index >= 15 is 0 Å². The van der Waals surface area contributed by atoms with Gasteiger partial charge >= 0.3 is 0 Å². The molecule has 9 nitrogen and oxygen atoms in total. The van der Waals surface area contributed by atoms with Crippen LogP contribution in [-0.2, 0) is 16.4 Å². The number of rotatable bonds is 13. The molecule has 10 heteroatoms. The fraction of sp³-hybridized carbons (Fsp3) is 0.345. The summed E-state index contributed by atoms with van der Waals surface area (Å²) in [6, 6.07) is 19.2. The van der Waals surface area contributed by atoms with Crippen molar-refractivity contribution in [3.05, 3.63) is 94.4 Å². The molecular weight excluding hydrogens is 518 g/mol. The monoisotopic (exact) mass is 553 g/mol. The summed E-state index contributed by atoms with van der Waals surface area (Å²) in [6.45, 7) is 5.34. The van der Waals surface area contributed by atoms with Crippen molar-refractivity contribution >= 4 is 21.6 Å². The molecule has 0 unspecified atom stereocenters. The van der Waals surface area contributed by atoms with Crippen molar-refractivity contribution in [2.45, 2.75) is 44.2 Å². The minimum atomic E-state index is -3.96. The van der Waals surface area contributed by atoms with Gasteiger partial charge < -0.3 is 15.2 Å². The summed E-state index contributed by atoms with van der Waals surface area (Å²) < 4.78 is 33.6. The van der Waals surface area contributed by atoms with E-state index in [2.05, 4.69) is 10.5 Å². The number of nitrogens with one attached hydrogen (secondary N) is 1. The molecule has 3 aromatic carbocycles. The Morgan fingerprint density at radius 2 is 1.67 bits per heavy atom. The van der Waals surface area contributed by atoms with Gasteiger partial charge in [0.25, 0.3) is 5.91 Å². The van der Waals surface area contributed by atoms with Crippen molar-refractivity contribution in [1.82, 2.24) is 9.62 Å². The van der Waals surface area contributed by atoms with Crippen molar-refractivity contribution in [2.75, 3.05) is 20.2 Å². The zero-order valence-electron chi connectivity index (χ0n) is 22.6. The highest BCUT2D eigenvalue weighted by Gasteiger charge is 2.31. The normalized spacial score (nSPS) is 13.2. The van der Waals surface area contributed by atoms with E-state index in [1.807, 2.05) is 44.2 Å². The van der Waals surface area contributed by atoms with Crippen molar-refractivity contribution in [1.29, 1.82) is 0 Å². The number of carbonyl (C=O) groups is 1. The first-order chi connectivity index (χ1) is 18.6. The molecule has 0 radical (unpaired) electrons. The second kappa shape index (κ2) is 13.5. The molecular formula is C29H35N3O6S. The minimum absolute atomic E-state index is 0.0198. The van der Waals surface area contributed by atoms with Crippen molar-refractivity contribution in [3.63, 3.8) is 0 Å². The van der Waals surface area contributed by atoms with Crippen LogP contribution in [0.2, 0.25) is 0 Å². The number of carbonyl (C=O) groups excluding carboxylic acids is 1. The van der Waals surface area contributed by atoms with Gasteiger partial charge in [0.05, 0.1) is 24.2 Å². The van der Waals surface area contributed by atoms with E-state index in [-0.39, 0.29) is 41.6 Å². The summed E-state index contributed by atoms with van der Waals surface area (Å²) in [5, 5.41) is 17.2. The summed E-state index contributed by atoms with van der Waals surface area (Å²) in [6.07, 6.45) is -0.982. The third kappa shape index (κ3) is 7.72. The Bertz CT molecular complexity index is 1360. The van der Waals surface area contributed by atoms with Crippen LogP contribution in [0.25, 0.3) is 0 Å². The number of nitroso groups, excluding NO2 is 1. The standard InChI is InChI=1S/C29H35N3O6S/c1-20(2)18-32(39(36,37)24-15-13-23(38-4)14-16-24)19-28(33)27(17-22-9-6-5-7-10-22)30-29(34)25-11-8-12-26(31-35)21(25)3/h5-16,20,27-28,33H,17-19H2,1-4H3,(H,30,34)/t27-,28+/m0/s1. The molecule has 0 spiro atoms. The summed E-state index contributed by atoms with van der Waals surface area (Å²) in [7, 11) is -2.46. The van der Waals surface area contributed by atoms with Crippen LogP contribution in [0.3, 0.4) is 0 Å². The molecule has 3 aromatic rings. The summed E-state index contributed by atoms with van der Waals surface area (Å²) in [4.78, 5) is 24.5. The molecule has 39 heavy (non-hydrogen) atoms. The van der Waals surface area contributed by atoms with E-state index < -0.39 is 28.1 Å². The van der Waals surface area contributed by atoms with Crippen LogP contribution in [0.1, 0.15) is 35.3 Å². The largest absolute Gasteiger partial charge is 0.497 e. The van der Waals surface area contributed by atoms with E-state index in [1.54, 1.807) is 31.2 Å². The molecule has 0 aliphatic heterocycles. The topological polar surface area (TPSA) is 125 Å². The van der Waals surface area contributed by atoms with Gasteiger partial charge in [-0.05, 0) is 72.0 Å². The van der Waals surface area contributed by atoms with Crippen LogP contribution in [0.15, 0.2) is 82.9 Å². The SMILES string of the molecule is COc1ccc(S(=O)(=O)N(CC(C)C)C[C@@H](O)[C@H](Cc2ccccc2)NC(=O)c2cccc(N=O)c2C)cc1. The Balaban J connectivity index is 1.92. The van der Waals surface area contributed by atoms with E-state index in [0.717, 1.165) is 5.56 Å². The molecule has 1 amide bonds. The average molecular weight is 554 g/mol. The summed E-state index contributed by atoms with van der Waals surface area (Å²) in [5.74, 6) is 0.0131. The van der Waals surface area contributed by atoms with Crippen LogP contribution in [0.5, 0.6) is 5.75 Å². The molecule has 208 valence electrons. The number of ether oxygens (including phenoxy) is 1. The number of sulfonamides is 1. The van der Waals surface area contributed by atoms with Crippen LogP contribution in [-0.4, -0.2) is 56.1 Å². The maximum atomic E-state index is 13.6. The van der Waals surface area contributed by atoms with E-state index in [0.29, 0.717) is 11.3 Å². The number of benzene rings is 3. The second-order valence-electron chi connectivity index (χ2n) is 9.77. The Hall–Kier alpha value is -3.60. The molecule has 3 rings (SSSR count). The van der Waals surface area contributed by atoms with Gasteiger partial charge in [0.15, 0.2) is 0 Å². The first kappa shape index (κ1) is 29.9. The number of aliphatic hydroxyl groups excluding tert-OH is 1. The fourth-order valence-corrected chi connectivity index (χ4v) is 5.90. The highest BCUT2D eigenvalue weighted by molar-refractivity contribution is 7.89. The lowest BCUT2D eigenvalue weighted by molar-refractivity contribution is 0.0775. The van der Waals surface area contributed by atoms with Crippen molar-refractivity contribution in [2.24, 2.45) is 11.1 Å². The maximum absolute atomic E-state index is 13.6. The lowest BCUT2D eigenvalue weighted by Gasteiger charge is -2.31. The molecule has 0 saturated carbocycles. The van der Waals surface area contributed by atoms with Gasteiger partial charge in [0.2, 0.25) is 10.0 Å². The van der Waals surface area contributed by atoms with Crippen molar-refractivity contribution < 1.29 is 23.1 Å². The first-order valence-corrected chi connectivity index (χ1v) is 14.1. The molecule has 0 fully saturated rings. The van der Waals surface area contributed by atoms with Crippen LogP contribution in [0, 0.1) is 17.7 Å². The zero-order valence-corrected chi connectivity index (χ0v) is 23.4. The van der Waals surface area contributed by atoms with Crippen LogP contribution < -0.4 is 10.1 Å². The average Bonchev–Trinajstić information content (AvgIpc) is 2.92. The van der Waals surface area contributed by atoms with Gasteiger partial charge in [-0.2, -0.15) is 4.31 Å². The summed E-state index contributed by atoms with van der Waals surface area (Å²) in [5.41, 5.74) is 1.68. The molecule has 0 aliphatic rings. The Morgan fingerprint density at radius 3 is 2.26 bits per heavy atom. The van der Waals surface area contributed by atoms with Gasteiger partial charge in [-0.3, -0.25) is 4.79 Å². The first-order valence-electron chi connectivity index (χ1n) is 12.7. The highest BCUT2D eigenvalue weighted by Crippen LogP contribution is 2.23. The predicted octanol–water partition coefficient (Wildman–Crippen LogP) is 4.45. The van der Waals surface area contributed by atoms with Gasteiger partial charge in [0.1, 0.15) is 11.4 Å². The van der Waals surface area contributed by atoms with Gasteiger partial charge in [-0.1, -0.05) is 50.2 Å². The highest BCUT2D eigenvalue weighted by atomic mass is 32.2. The molecule has 0 bridgehead atoms. The molecule has 0 heterocycles. The number of methoxy groups -OCH3 is 1. The Kier molecular flexibility index (Phi) is 10.3. The van der Waals surface area contributed by atoms with Gasteiger partial charge in [-0.25, -0.2) is 8.42 Å². The van der Waals surface area contributed by atoms with Gasteiger partial charge in [-0.15, -0.1) is 4.91 Å². The smallest absolute Gasteiger partial charge is 0.251 e. The van der Waals surface area contributed by atoms with E-state index in [4.69, 9.17) is 4.74 Å². The number of amides is 1. The molecule has 0 aliphatic carbocycles. The summed E-state index contributed by atoms with van der Waals surface area (Å²) >= 11 is 0. The van der Waals surface area contributed by atoms with E-state index in [9.17, 15) is 23.2 Å². The lowest BCUT2D eigenvalue weighted by atomic mass is 9.99. The number of nitrogens with zero attached hydrogens (tertiary/aromatic N) is 2. The lowest BCUT2D eigenvalue weighted by Crippen LogP contribution is -2.51. The second-order valence-corrected chi connectivity index (χ2v) is 11.7. The van der Waals surface area contributed by atoms with Crippen LogP contribution >= 0.6 is 0 Å². The molecule has 2 atom stereocenters. The maximum Gasteiger partial charge on any atom is 0.251 e. The van der Waals surface area contributed by atoms with E-state index in [1.165, 1.54) is 29.6 Å². The predicted molar refractivity (Wildman–Crippen MR) is 151 cm³/mol. The quantitative estimate of drug-likeness (QED) is 0.301. The Labute approximate surface area is 229 Å². The fourth-order valence-electron chi connectivity index (χ4n) is 4.28. The van der Waals surface area contributed by atoms with Gasteiger partial charge in [0, 0.05) is 18.7 Å². The minimum Gasteiger partial charge on any atom is -0.497 e. The Morgan fingerprint density at radius 1 is 1.00 bits per heavy atom. The van der Waals surface area contributed by atoms with Crippen LogP contribution in [0.4, 0.5) is 5.69 Å². The molecule has 0 aromatic heterocycles. The third-order valence-electron chi connectivity index (χ3n) is 6.38. The molecule has 2 N–H and O–H groups in total. The zero-order chi connectivity index (χ0) is 28.6. The number of hydrogen-bond acceptors (Lipinski definition) is 7. The molecule has 0 saturated heterocycles. The number of aliphatic hydroxyl groups is 1.